The molecule has 0 bridgehead atoms. The van der Waals surface area contributed by atoms with Crippen molar-refractivity contribution in [2.75, 3.05) is 0 Å². The lowest BCUT2D eigenvalue weighted by Gasteiger charge is -2.14. The van der Waals surface area contributed by atoms with Crippen LogP contribution in [-0.4, -0.2) is 36.6 Å². The maximum atomic E-state index is 13.5. The van der Waals surface area contributed by atoms with E-state index in [4.69, 9.17) is 16.7 Å². The van der Waals surface area contributed by atoms with E-state index in [1.807, 2.05) is 0 Å². The summed E-state index contributed by atoms with van der Waals surface area (Å²) in [6, 6.07) is 3.89. The molecular weight excluding hydrogens is 437 g/mol. The third-order valence-corrected chi connectivity index (χ3v) is 5.32. The number of nitrogens with zero attached hydrogens (tertiary/aromatic N) is 4. The highest BCUT2D eigenvalue weighted by Gasteiger charge is 2.40. The van der Waals surface area contributed by atoms with Gasteiger partial charge in [0.25, 0.3) is 0 Å². The van der Waals surface area contributed by atoms with Crippen molar-refractivity contribution in [1.29, 1.82) is 0 Å². The second kappa shape index (κ2) is 7.77. The van der Waals surface area contributed by atoms with Crippen molar-refractivity contribution in [1.82, 2.24) is 19.7 Å². The largest absolute Gasteiger partial charge is 0.478 e. The van der Waals surface area contributed by atoms with Crippen LogP contribution in [0.5, 0.6) is 0 Å². The zero-order valence-electron chi connectivity index (χ0n) is 15.8. The lowest BCUT2D eigenvalue weighted by molar-refractivity contribution is -0.141. The first-order valence-corrected chi connectivity index (χ1v) is 9.63. The summed E-state index contributed by atoms with van der Waals surface area (Å²) in [6.45, 7) is 0. The molecule has 0 radical (unpaired) electrons. The molecule has 0 saturated carbocycles. The molecule has 4 rings (SSSR count). The number of carbonyl (C=O) groups excluding carboxylic acids is 1. The third-order valence-electron chi connectivity index (χ3n) is 5.00. The molecule has 0 spiro atoms. The van der Waals surface area contributed by atoms with Crippen LogP contribution in [0.3, 0.4) is 0 Å². The van der Waals surface area contributed by atoms with Crippen molar-refractivity contribution < 1.29 is 27.9 Å². The van der Waals surface area contributed by atoms with Gasteiger partial charge in [0.2, 0.25) is 5.78 Å². The number of aromatic nitrogens is 4. The summed E-state index contributed by atoms with van der Waals surface area (Å²) in [5.41, 5.74) is -1.10. The van der Waals surface area contributed by atoms with E-state index >= 15 is 0 Å². The molecule has 1 N–H and O–H groups in total. The molecule has 1 aliphatic carbocycles. The zero-order valence-corrected chi connectivity index (χ0v) is 16.5. The molecule has 0 aliphatic heterocycles. The fourth-order valence-corrected chi connectivity index (χ4v) is 3.83. The standard InChI is InChI=1S/C20H14ClF3N4O3/c21-12-7-8-25-18(20(22,23)24)15(12)17(29)16-11-3-1-2-4-13(11)28(27-16)14-6-5-10(9-26-14)19(30)31/h5-9H,1-4H2,(H,30,31). The molecule has 0 atom stereocenters. The molecular formula is C20H14ClF3N4O3. The number of hydrogen-bond donors (Lipinski definition) is 1. The third kappa shape index (κ3) is 3.78. The van der Waals surface area contributed by atoms with Crippen molar-refractivity contribution in [3.05, 3.63) is 69.4 Å². The van der Waals surface area contributed by atoms with Crippen molar-refractivity contribution in [3.63, 3.8) is 0 Å². The summed E-state index contributed by atoms with van der Waals surface area (Å²) < 4.78 is 41.8. The van der Waals surface area contributed by atoms with Gasteiger partial charge in [-0.05, 0) is 43.9 Å². The molecule has 0 fully saturated rings. The number of carbonyl (C=O) groups is 2. The highest BCUT2D eigenvalue weighted by atomic mass is 35.5. The Labute approximate surface area is 178 Å². The molecule has 0 unspecified atom stereocenters. The molecule has 1 aliphatic rings. The van der Waals surface area contributed by atoms with Gasteiger partial charge < -0.3 is 5.11 Å². The quantitative estimate of drug-likeness (QED) is 0.600. The van der Waals surface area contributed by atoms with Gasteiger partial charge in [0.15, 0.2) is 11.5 Å². The number of rotatable bonds is 4. The van der Waals surface area contributed by atoms with Gasteiger partial charge in [0, 0.05) is 23.7 Å². The Bertz CT molecular complexity index is 1190. The summed E-state index contributed by atoms with van der Waals surface area (Å²) in [7, 11) is 0. The normalized spacial score (nSPS) is 13.7. The maximum Gasteiger partial charge on any atom is 0.434 e. The van der Waals surface area contributed by atoms with Gasteiger partial charge in [0.1, 0.15) is 5.69 Å². The van der Waals surface area contributed by atoms with E-state index in [1.54, 1.807) is 0 Å². The first-order valence-electron chi connectivity index (χ1n) is 9.25. The summed E-state index contributed by atoms with van der Waals surface area (Å²) in [5, 5.41) is 13.0. The predicted octanol–water partition coefficient (Wildman–Crippen LogP) is 4.14. The first-order chi connectivity index (χ1) is 14.7. The topological polar surface area (TPSA) is 98.0 Å². The minimum Gasteiger partial charge on any atom is -0.478 e. The van der Waals surface area contributed by atoms with Gasteiger partial charge in [-0.15, -0.1) is 0 Å². The predicted molar refractivity (Wildman–Crippen MR) is 103 cm³/mol. The molecule has 31 heavy (non-hydrogen) atoms. The number of hydrogen-bond acceptors (Lipinski definition) is 5. The Hall–Kier alpha value is -3.27. The van der Waals surface area contributed by atoms with E-state index in [-0.39, 0.29) is 22.1 Å². The molecule has 3 aromatic heterocycles. The monoisotopic (exact) mass is 450 g/mol. The number of carboxylic acid groups (broad SMARTS) is 1. The maximum absolute atomic E-state index is 13.5. The van der Waals surface area contributed by atoms with Crippen LogP contribution < -0.4 is 0 Å². The van der Waals surface area contributed by atoms with Crippen molar-refractivity contribution in [2.45, 2.75) is 31.9 Å². The van der Waals surface area contributed by atoms with Crippen LogP contribution in [0.25, 0.3) is 5.82 Å². The van der Waals surface area contributed by atoms with Gasteiger partial charge in [-0.2, -0.15) is 18.3 Å². The molecule has 0 saturated heterocycles. The number of halogens is 4. The number of carboxylic acids is 1. The Morgan fingerprint density at radius 3 is 2.48 bits per heavy atom. The van der Waals surface area contributed by atoms with E-state index < -0.39 is 29.2 Å². The van der Waals surface area contributed by atoms with Gasteiger partial charge in [-0.25, -0.2) is 14.5 Å². The molecule has 0 amide bonds. The van der Waals surface area contributed by atoms with Gasteiger partial charge >= 0.3 is 12.1 Å². The molecule has 0 aromatic carbocycles. The fraction of sp³-hybridized carbons (Fsp3) is 0.250. The lowest BCUT2D eigenvalue weighted by atomic mass is 9.92. The Kier molecular flexibility index (Phi) is 5.26. The second-order valence-corrected chi connectivity index (χ2v) is 7.35. The number of aromatic carboxylic acids is 1. The molecule has 11 heteroatoms. The van der Waals surface area contributed by atoms with Gasteiger partial charge in [0.05, 0.1) is 16.1 Å². The Morgan fingerprint density at radius 2 is 1.84 bits per heavy atom. The highest BCUT2D eigenvalue weighted by molar-refractivity contribution is 6.35. The number of alkyl halides is 3. The molecule has 3 aromatic rings. The Balaban J connectivity index is 1.86. The van der Waals surface area contributed by atoms with Gasteiger partial charge in [-0.3, -0.25) is 9.78 Å². The zero-order chi connectivity index (χ0) is 22.3. The average molecular weight is 451 g/mol. The fourth-order valence-electron chi connectivity index (χ4n) is 3.60. The second-order valence-electron chi connectivity index (χ2n) is 6.95. The van der Waals surface area contributed by atoms with Crippen LogP contribution in [0.15, 0.2) is 30.6 Å². The summed E-state index contributed by atoms with van der Waals surface area (Å²) in [5.74, 6) is -1.86. The molecule has 160 valence electrons. The summed E-state index contributed by atoms with van der Waals surface area (Å²) in [4.78, 5) is 31.7. The average Bonchev–Trinajstić information content (AvgIpc) is 3.12. The van der Waals surface area contributed by atoms with Gasteiger partial charge in [-0.1, -0.05) is 11.6 Å². The van der Waals surface area contributed by atoms with E-state index in [9.17, 15) is 22.8 Å². The van der Waals surface area contributed by atoms with E-state index in [1.165, 1.54) is 16.8 Å². The smallest absolute Gasteiger partial charge is 0.434 e. The van der Waals surface area contributed by atoms with E-state index in [2.05, 4.69) is 15.1 Å². The van der Waals surface area contributed by atoms with Crippen LogP contribution in [-0.2, 0) is 19.0 Å². The minimum absolute atomic E-state index is 0.0296. The molecule has 7 nitrogen and oxygen atoms in total. The van der Waals surface area contributed by atoms with Crippen molar-refractivity contribution in [2.24, 2.45) is 0 Å². The van der Waals surface area contributed by atoms with Crippen molar-refractivity contribution in [3.8, 4) is 5.82 Å². The lowest BCUT2D eigenvalue weighted by Crippen LogP contribution is -2.18. The summed E-state index contributed by atoms with van der Waals surface area (Å²) >= 11 is 5.97. The van der Waals surface area contributed by atoms with Crippen LogP contribution in [0, 0.1) is 0 Å². The van der Waals surface area contributed by atoms with Crippen LogP contribution in [0.4, 0.5) is 13.2 Å². The minimum atomic E-state index is -4.87. The SMILES string of the molecule is O=C(O)c1ccc(-n2nc(C(=O)c3c(Cl)ccnc3C(F)(F)F)c3c2CCCC3)nc1. The van der Waals surface area contributed by atoms with E-state index in [0.717, 1.165) is 31.3 Å². The van der Waals surface area contributed by atoms with E-state index in [0.29, 0.717) is 24.1 Å². The number of pyridine rings is 2. The highest BCUT2D eigenvalue weighted by Crippen LogP contribution is 2.36. The summed E-state index contributed by atoms with van der Waals surface area (Å²) in [6.07, 6.45) is -0.265. The van der Waals surface area contributed by atoms with Crippen LogP contribution >= 0.6 is 11.6 Å². The number of fused-ring (bicyclic) bond motifs is 1. The Morgan fingerprint density at radius 1 is 1.10 bits per heavy atom. The van der Waals surface area contributed by atoms with Crippen LogP contribution in [0.2, 0.25) is 5.02 Å². The molecule has 3 heterocycles. The van der Waals surface area contributed by atoms with Crippen LogP contribution in [0.1, 0.15) is 56.2 Å². The van der Waals surface area contributed by atoms with Crippen molar-refractivity contribution >= 4 is 23.4 Å². The first kappa shape index (κ1) is 21.0. The number of ketones is 1.